The lowest BCUT2D eigenvalue weighted by Gasteiger charge is -2.17. The first-order valence-electron chi connectivity index (χ1n) is 5.71. The van der Waals surface area contributed by atoms with E-state index in [9.17, 15) is 4.79 Å². The molecule has 3 atom stereocenters. The van der Waals surface area contributed by atoms with Crippen LogP contribution in [-0.2, 0) is 9.47 Å². The molecule has 5 heteroatoms. The van der Waals surface area contributed by atoms with E-state index in [2.05, 4.69) is 4.74 Å². The van der Waals surface area contributed by atoms with Gasteiger partial charge in [-0.2, -0.15) is 0 Å². The second kappa shape index (κ2) is 4.89. The Morgan fingerprint density at radius 1 is 1.53 bits per heavy atom. The Balaban J connectivity index is 2.06. The Kier molecular flexibility index (Phi) is 3.49. The van der Waals surface area contributed by atoms with Crippen LogP contribution in [-0.4, -0.2) is 25.3 Å². The molecular weight excluding hydrogens is 222 g/mol. The molecule has 2 heterocycles. The summed E-state index contributed by atoms with van der Waals surface area (Å²) in [4.78, 5) is 11.2. The van der Waals surface area contributed by atoms with E-state index in [4.69, 9.17) is 14.9 Å². The summed E-state index contributed by atoms with van der Waals surface area (Å²) in [5, 5.41) is 0. The van der Waals surface area contributed by atoms with Gasteiger partial charge in [-0.3, -0.25) is 0 Å². The fourth-order valence-electron chi connectivity index (χ4n) is 2.02. The quantitative estimate of drug-likeness (QED) is 0.811. The highest BCUT2D eigenvalue weighted by Crippen LogP contribution is 2.29. The monoisotopic (exact) mass is 239 g/mol. The molecule has 2 rings (SSSR count). The molecule has 0 radical (unpaired) electrons. The number of ether oxygens (including phenoxy) is 2. The van der Waals surface area contributed by atoms with Gasteiger partial charge >= 0.3 is 5.97 Å². The predicted octanol–water partition coefficient (Wildman–Crippen LogP) is 1.63. The van der Waals surface area contributed by atoms with Crippen LogP contribution in [0.15, 0.2) is 16.5 Å². The maximum Gasteiger partial charge on any atom is 0.373 e. The normalized spacial score (nSPS) is 25.8. The zero-order valence-electron chi connectivity index (χ0n) is 10.0. The topological polar surface area (TPSA) is 74.7 Å². The summed E-state index contributed by atoms with van der Waals surface area (Å²) in [5.74, 6) is 0.234. The molecule has 17 heavy (non-hydrogen) atoms. The van der Waals surface area contributed by atoms with E-state index < -0.39 is 5.97 Å². The van der Waals surface area contributed by atoms with Gasteiger partial charge in [0.1, 0.15) is 5.76 Å². The van der Waals surface area contributed by atoms with E-state index >= 15 is 0 Å². The van der Waals surface area contributed by atoms with Crippen LogP contribution in [0.2, 0.25) is 0 Å². The molecule has 0 aromatic carbocycles. The van der Waals surface area contributed by atoms with Crippen molar-refractivity contribution in [2.45, 2.75) is 38.0 Å². The SMILES string of the molecule is COC(=O)c1ccc(C(N)C2CCC(C)O2)o1. The van der Waals surface area contributed by atoms with Crippen LogP contribution in [0.5, 0.6) is 0 Å². The Bertz CT molecular complexity index is 401. The van der Waals surface area contributed by atoms with Crippen molar-refractivity contribution < 1.29 is 18.7 Å². The lowest BCUT2D eigenvalue weighted by Crippen LogP contribution is -2.25. The first-order chi connectivity index (χ1) is 8.11. The molecule has 0 aliphatic carbocycles. The molecule has 1 saturated heterocycles. The van der Waals surface area contributed by atoms with Crippen molar-refractivity contribution in [1.82, 2.24) is 0 Å². The third kappa shape index (κ3) is 2.50. The van der Waals surface area contributed by atoms with Gasteiger partial charge in [-0.15, -0.1) is 0 Å². The van der Waals surface area contributed by atoms with Crippen LogP contribution >= 0.6 is 0 Å². The maximum atomic E-state index is 11.2. The van der Waals surface area contributed by atoms with Gasteiger partial charge in [-0.05, 0) is 31.9 Å². The van der Waals surface area contributed by atoms with Gasteiger partial charge in [-0.25, -0.2) is 4.79 Å². The molecule has 0 bridgehead atoms. The largest absolute Gasteiger partial charge is 0.463 e. The van der Waals surface area contributed by atoms with Gasteiger partial charge in [0, 0.05) is 0 Å². The van der Waals surface area contributed by atoms with Crippen molar-refractivity contribution in [3.05, 3.63) is 23.7 Å². The molecule has 0 spiro atoms. The van der Waals surface area contributed by atoms with Gasteiger partial charge < -0.3 is 19.6 Å². The van der Waals surface area contributed by atoms with Crippen LogP contribution in [0, 0.1) is 0 Å². The summed E-state index contributed by atoms with van der Waals surface area (Å²) < 4.78 is 15.6. The Labute approximate surface area is 99.9 Å². The molecule has 94 valence electrons. The van der Waals surface area contributed by atoms with Crippen LogP contribution < -0.4 is 5.73 Å². The zero-order valence-corrected chi connectivity index (χ0v) is 10.0. The molecule has 1 aliphatic rings. The average Bonchev–Trinajstić information content (AvgIpc) is 2.95. The van der Waals surface area contributed by atoms with Crippen LogP contribution in [0.1, 0.15) is 42.1 Å². The Morgan fingerprint density at radius 2 is 2.29 bits per heavy atom. The zero-order chi connectivity index (χ0) is 12.4. The Hall–Kier alpha value is -1.33. The van der Waals surface area contributed by atoms with E-state index in [0.29, 0.717) is 5.76 Å². The minimum absolute atomic E-state index is 0.0401. The summed E-state index contributed by atoms with van der Waals surface area (Å²) in [6.07, 6.45) is 2.11. The highest BCUT2D eigenvalue weighted by atomic mass is 16.5. The number of hydrogen-bond donors (Lipinski definition) is 1. The van der Waals surface area contributed by atoms with Crippen LogP contribution in [0.4, 0.5) is 0 Å². The van der Waals surface area contributed by atoms with Gasteiger partial charge in [0.05, 0.1) is 25.4 Å². The van der Waals surface area contributed by atoms with Crippen molar-refractivity contribution in [2.24, 2.45) is 5.73 Å². The minimum atomic E-state index is -0.496. The van der Waals surface area contributed by atoms with Crippen molar-refractivity contribution in [3.8, 4) is 0 Å². The van der Waals surface area contributed by atoms with E-state index in [1.54, 1.807) is 12.1 Å². The molecule has 2 N–H and O–H groups in total. The molecule has 0 saturated carbocycles. The molecule has 3 unspecified atom stereocenters. The standard InChI is InChI=1S/C12H17NO4/c1-7-3-4-8(16-7)11(13)9-5-6-10(17-9)12(14)15-2/h5-8,11H,3-4,13H2,1-2H3. The van der Waals surface area contributed by atoms with Crippen molar-refractivity contribution in [1.29, 1.82) is 0 Å². The average molecular weight is 239 g/mol. The number of furan rings is 1. The van der Waals surface area contributed by atoms with Crippen molar-refractivity contribution in [3.63, 3.8) is 0 Å². The molecule has 1 aliphatic heterocycles. The van der Waals surface area contributed by atoms with E-state index in [0.717, 1.165) is 12.8 Å². The van der Waals surface area contributed by atoms with Crippen molar-refractivity contribution in [2.75, 3.05) is 7.11 Å². The fraction of sp³-hybridized carbons (Fsp3) is 0.583. The highest BCUT2D eigenvalue weighted by Gasteiger charge is 2.30. The lowest BCUT2D eigenvalue weighted by molar-refractivity contribution is 0.0347. The second-order valence-corrected chi connectivity index (χ2v) is 4.28. The van der Waals surface area contributed by atoms with E-state index in [-0.39, 0.29) is 24.0 Å². The van der Waals surface area contributed by atoms with Gasteiger partial charge in [0.15, 0.2) is 0 Å². The molecule has 5 nitrogen and oxygen atoms in total. The lowest BCUT2D eigenvalue weighted by atomic mass is 10.1. The number of hydrogen-bond acceptors (Lipinski definition) is 5. The van der Waals surface area contributed by atoms with Gasteiger partial charge in [0.25, 0.3) is 0 Å². The molecule has 1 aromatic rings. The van der Waals surface area contributed by atoms with Crippen LogP contribution in [0.3, 0.4) is 0 Å². The number of nitrogens with two attached hydrogens (primary N) is 1. The number of methoxy groups -OCH3 is 1. The summed E-state index contributed by atoms with van der Waals surface area (Å²) in [6.45, 7) is 2.02. The Morgan fingerprint density at radius 3 is 2.88 bits per heavy atom. The molecular formula is C12H17NO4. The summed E-state index contributed by atoms with van der Waals surface area (Å²) in [6, 6.07) is 2.93. The maximum absolute atomic E-state index is 11.2. The smallest absolute Gasteiger partial charge is 0.373 e. The fourth-order valence-corrected chi connectivity index (χ4v) is 2.02. The molecule has 0 amide bonds. The first-order valence-corrected chi connectivity index (χ1v) is 5.71. The van der Waals surface area contributed by atoms with Crippen LogP contribution in [0.25, 0.3) is 0 Å². The molecule has 1 aromatic heterocycles. The minimum Gasteiger partial charge on any atom is -0.463 e. The van der Waals surface area contributed by atoms with Gasteiger partial charge in [0.2, 0.25) is 5.76 Å². The first kappa shape index (κ1) is 12.1. The summed E-state index contributed by atoms with van der Waals surface area (Å²) in [7, 11) is 1.31. The number of esters is 1. The summed E-state index contributed by atoms with van der Waals surface area (Å²) >= 11 is 0. The van der Waals surface area contributed by atoms with E-state index in [1.165, 1.54) is 7.11 Å². The number of carbonyl (C=O) groups is 1. The van der Waals surface area contributed by atoms with Gasteiger partial charge in [-0.1, -0.05) is 0 Å². The third-order valence-corrected chi connectivity index (χ3v) is 3.01. The number of rotatable bonds is 3. The summed E-state index contributed by atoms with van der Waals surface area (Å²) in [5.41, 5.74) is 6.05. The number of carbonyl (C=O) groups excluding carboxylic acids is 1. The third-order valence-electron chi connectivity index (χ3n) is 3.01. The van der Waals surface area contributed by atoms with Crippen molar-refractivity contribution >= 4 is 5.97 Å². The second-order valence-electron chi connectivity index (χ2n) is 4.28. The molecule has 1 fully saturated rings. The predicted molar refractivity (Wildman–Crippen MR) is 60.5 cm³/mol. The highest BCUT2D eigenvalue weighted by molar-refractivity contribution is 5.86. The van der Waals surface area contributed by atoms with E-state index in [1.807, 2.05) is 6.92 Å².